The number of hydrogen-bond acceptors (Lipinski definition) is 3. The molecule has 2 aromatic rings. The number of benzene rings is 2. The average molecular weight is 285 g/mol. The number of hydrogen-bond donors (Lipinski definition) is 2. The van der Waals surface area contributed by atoms with Crippen molar-refractivity contribution in [3.63, 3.8) is 0 Å². The van der Waals surface area contributed by atoms with Crippen LogP contribution in [0.1, 0.15) is 31.0 Å². The molecule has 112 valence electrons. The van der Waals surface area contributed by atoms with Crippen LogP contribution in [-0.4, -0.2) is 17.8 Å². The Bertz CT molecular complexity index is 540. The summed E-state index contributed by atoms with van der Waals surface area (Å²) in [5, 5.41) is 13.0. The Kier molecular flexibility index (Phi) is 5.78. The van der Waals surface area contributed by atoms with Gasteiger partial charge >= 0.3 is 0 Å². The Balaban J connectivity index is 2.03. The van der Waals surface area contributed by atoms with E-state index in [1.807, 2.05) is 56.3 Å². The van der Waals surface area contributed by atoms with Gasteiger partial charge in [0.1, 0.15) is 5.75 Å². The van der Waals surface area contributed by atoms with E-state index in [0.717, 1.165) is 17.9 Å². The molecule has 0 bridgehead atoms. The molecule has 0 radical (unpaired) electrons. The molecule has 21 heavy (non-hydrogen) atoms. The SMILES string of the molecule is CC(C)Oc1cccc(C(CO)NCc2ccccc2)c1. The molecule has 1 unspecified atom stereocenters. The highest BCUT2D eigenvalue weighted by Crippen LogP contribution is 2.20. The van der Waals surface area contributed by atoms with Crippen LogP contribution in [-0.2, 0) is 6.54 Å². The lowest BCUT2D eigenvalue weighted by Crippen LogP contribution is -2.24. The van der Waals surface area contributed by atoms with E-state index in [-0.39, 0.29) is 18.8 Å². The van der Waals surface area contributed by atoms with Crippen molar-refractivity contribution in [3.8, 4) is 5.75 Å². The molecule has 0 aromatic heterocycles. The van der Waals surface area contributed by atoms with Gasteiger partial charge in [0.25, 0.3) is 0 Å². The van der Waals surface area contributed by atoms with Crippen LogP contribution < -0.4 is 10.1 Å². The van der Waals surface area contributed by atoms with Gasteiger partial charge in [-0.25, -0.2) is 0 Å². The molecule has 2 N–H and O–H groups in total. The predicted molar refractivity (Wildman–Crippen MR) is 85.3 cm³/mol. The first-order chi connectivity index (χ1) is 10.2. The second-order valence-electron chi connectivity index (χ2n) is 5.34. The first-order valence-electron chi connectivity index (χ1n) is 7.34. The summed E-state index contributed by atoms with van der Waals surface area (Å²) in [5.74, 6) is 0.836. The molecule has 0 fully saturated rings. The monoisotopic (exact) mass is 285 g/mol. The van der Waals surface area contributed by atoms with E-state index in [2.05, 4.69) is 17.4 Å². The highest BCUT2D eigenvalue weighted by molar-refractivity contribution is 5.31. The van der Waals surface area contributed by atoms with Gasteiger partial charge in [0.05, 0.1) is 18.8 Å². The second-order valence-corrected chi connectivity index (χ2v) is 5.34. The maximum atomic E-state index is 9.63. The molecule has 0 saturated carbocycles. The van der Waals surface area contributed by atoms with E-state index >= 15 is 0 Å². The molecule has 0 aliphatic rings. The zero-order chi connectivity index (χ0) is 15.1. The maximum absolute atomic E-state index is 9.63. The predicted octanol–water partition coefficient (Wildman–Crippen LogP) is 3.30. The zero-order valence-electron chi connectivity index (χ0n) is 12.6. The van der Waals surface area contributed by atoms with Crippen molar-refractivity contribution in [2.45, 2.75) is 32.5 Å². The second kappa shape index (κ2) is 7.81. The van der Waals surface area contributed by atoms with Crippen LogP contribution in [0.3, 0.4) is 0 Å². The summed E-state index contributed by atoms with van der Waals surface area (Å²) >= 11 is 0. The molecule has 0 spiro atoms. The van der Waals surface area contributed by atoms with Gasteiger partial charge in [0.2, 0.25) is 0 Å². The molecular weight excluding hydrogens is 262 g/mol. The summed E-state index contributed by atoms with van der Waals surface area (Å²) in [5.41, 5.74) is 2.23. The molecule has 1 atom stereocenters. The van der Waals surface area contributed by atoms with Crippen LogP contribution in [0.25, 0.3) is 0 Å². The number of rotatable bonds is 7. The molecular formula is C18H23NO2. The Morgan fingerprint density at radius 1 is 1.05 bits per heavy atom. The summed E-state index contributed by atoms with van der Waals surface area (Å²) in [6.45, 7) is 4.78. The van der Waals surface area contributed by atoms with Gasteiger partial charge in [-0.15, -0.1) is 0 Å². The summed E-state index contributed by atoms with van der Waals surface area (Å²) in [4.78, 5) is 0. The minimum Gasteiger partial charge on any atom is -0.491 e. The molecule has 0 aliphatic carbocycles. The fraction of sp³-hybridized carbons (Fsp3) is 0.333. The van der Waals surface area contributed by atoms with Crippen LogP contribution in [0.5, 0.6) is 5.75 Å². The molecule has 0 heterocycles. The fourth-order valence-corrected chi connectivity index (χ4v) is 2.20. The van der Waals surface area contributed by atoms with Gasteiger partial charge < -0.3 is 15.2 Å². The average Bonchev–Trinajstić information content (AvgIpc) is 2.49. The van der Waals surface area contributed by atoms with Gasteiger partial charge in [-0.05, 0) is 37.1 Å². The quantitative estimate of drug-likeness (QED) is 0.820. The lowest BCUT2D eigenvalue weighted by Gasteiger charge is -2.18. The molecule has 0 amide bonds. The molecule has 0 saturated heterocycles. The molecule has 3 heteroatoms. The number of aliphatic hydroxyl groups excluding tert-OH is 1. The van der Waals surface area contributed by atoms with E-state index in [1.54, 1.807) is 0 Å². The van der Waals surface area contributed by atoms with Crippen molar-refractivity contribution in [1.82, 2.24) is 5.32 Å². The smallest absolute Gasteiger partial charge is 0.120 e. The topological polar surface area (TPSA) is 41.5 Å². The highest BCUT2D eigenvalue weighted by atomic mass is 16.5. The summed E-state index contributed by atoms with van der Waals surface area (Å²) in [7, 11) is 0. The largest absolute Gasteiger partial charge is 0.491 e. The third-order valence-corrected chi connectivity index (χ3v) is 3.21. The van der Waals surface area contributed by atoms with Gasteiger partial charge in [0.15, 0.2) is 0 Å². The molecule has 2 rings (SSSR count). The van der Waals surface area contributed by atoms with Crippen molar-refractivity contribution < 1.29 is 9.84 Å². The zero-order valence-corrected chi connectivity index (χ0v) is 12.6. The third-order valence-electron chi connectivity index (χ3n) is 3.21. The lowest BCUT2D eigenvalue weighted by atomic mass is 10.1. The summed E-state index contributed by atoms with van der Waals surface area (Å²) < 4.78 is 5.70. The van der Waals surface area contributed by atoms with Crippen LogP contribution in [0, 0.1) is 0 Å². The minimum absolute atomic E-state index is 0.0535. The maximum Gasteiger partial charge on any atom is 0.120 e. The van der Waals surface area contributed by atoms with Crippen LogP contribution >= 0.6 is 0 Å². The van der Waals surface area contributed by atoms with Gasteiger partial charge in [-0.3, -0.25) is 0 Å². The van der Waals surface area contributed by atoms with Crippen LogP contribution in [0.4, 0.5) is 0 Å². The van der Waals surface area contributed by atoms with Gasteiger partial charge in [-0.2, -0.15) is 0 Å². The Hall–Kier alpha value is -1.84. The van der Waals surface area contributed by atoms with Crippen LogP contribution in [0.15, 0.2) is 54.6 Å². The number of nitrogens with one attached hydrogen (secondary N) is 1. The highest BCUT2D eigenvalue weighted by Gasteiger charge is 2.11. The van der Waals surface area contributed by atoms with E-state index in [9.17, 15) is 5.11 Å². The van der Waals surface area contributed by atoms with Crippen molar-refractivity contribution in [1.29, 1.82) is 0 Å². The number of aliphatic hydroxyl groups is 1. The fourth-order valence-electron chi connectivity index (χ4n) is 2.20. The van der Waals surface area contributed by atoms with E-state index in [1.165, 1.54) is 5.56 Å². The third kappa shape index (κ3) is 4.88. The van der Waals surface area contributed by atoms with Crippen molar-refractivity contribution in [3.05, 3.63) is 65.7 Å². The van der Waals surface area contributed by atoms with Crippen LogP contribution in [0.2, 0.25) is 0 Å². The van der Waals surface area contributed by atoms with Gasteiger partial charge in [0, 0.05) is 6.54 Å². The van der Waals surface area contributed by atoms with Crippen molar-refractivity contribution in [2.75, 3.05) is 6.61 Å². The van der Waals surface area contributed by atoms with E-state index in [0.29, 0.717) is 0 Å². The first-order valence-corrected chi connectivity index (χ1v) is 7.34. The Labute approximate surface area is 126 Å². The lowest BCUT2D eigenvalue weighted by molar-refractivity contribution is 0.236. The van der Waals surface area contributed by atoms with Crippen molar-refractivity contribution >= 4 is 0 Å². The van der Waals surface area contributed by atoms with Gasteiger partial charge in [-0.1, -0.05) is 42.5 Å². The summed E-state index contributed by atoms with van der Waals surface area (Å²) in [6.07, 6.45) is 0.144. The standard InChI is InChI=1S/C18H23NO2/c1-14(2)21-17-10-6-9-16(11-17)18(13-20)19-12-15-7-4-3-5-8-15/h3-11,14,18-20H,12-13H2,1-2H3. The minimum atomic E-state index is -0.0964. The normalized spacial score (nSPS) is 12.4. The molecule has 3 nitrogen and oxygen atoms in total. The molecule has 0 aliphatic heterocycles. The first kappa shape index (κ1) is 15.5. The van der Waals surface area contributed by atoms with E-state index < -0.39 is 0 Å². The number of ether oxygens (including phenoxy) is 1. The molecule has 2 aromatic carbocycles. The Morgan fingerprint density at radius 3 is 2.48 bits per heavy atom. The Morgan fingerprint density at radius 2 is 1.81 bits per heavy atom. The van der Waals surface area contributed by atoms with Crippen molar-refractivity contribution in [2.24, 2.45) is 0 Å². The summed E-state index contributed by atoms with van der Waals surface area (Å²) in [6, 6.07) is 18.0. The van der Waals surface area contributed by atoms with E-state index in [4.69, 9.17) is 4.74 Å².